The lowest BCUT2D eigenvalue weighted by atomic mass is 9.97. The predicted molar refractivity (Wildman–Crippen MR) is 108 cm³/mol. The van der Waals surface area contributed by atoms with Gasteiger partial charge in [0.15, 0.2) is 12.4 Å². The average molecular weight is 399 g/mol. The third-order valence-corrected chi connectivity index (χ3v) is 4.33. The van der Waals surface area contributed by atoms with E-state index in [9.17, 15) is 18.8 Å². The number of ketones is 1. The van der Waals surface area contributed by atoms with Crippen molar-refractivity contribution in [1.29, 1.82) is 0 Å². The number of rotatable bonds is 10. The Balaban J connectivity index is 1.78. The monoisotopic (exact) mass is 399 g/mol. The molecule has 29 heavy (non-hydrogen) atoms. The van der Waals surface area contributed by atoms with Crippen molar-refractivity contribution in [3.63, 3.8) is 0 Å². The van der Waals surface area contributed by atoms with Crippen LogP contribution in [0, 0.1) is 11.7 Å². The Morgan fingerprint density at radius 3 is 2.24 bits per heavy atom. The topological polar surface area (TPSA) is 72.5 Å². The Morgan fingerprint density at radius 1 is 0.966 bits per heavy atom. The highest BCUT2D eigenvalue weighted by atomic mass is 19.1. The molecule has 0 radical (unpaired) electrons. The molecule has 0 spiro atoms. The van der Waals surface area contributed by atoms with Crippen LogP contribution in [0.5, 0.6) is 0 Å². The first-order chi connectivity index (χ1) is 13.8. The summed E-state index contributed by atoms with van der Waals surface area (Å²) in [6.07, 6.45) is 0.555. The first-order valence-electron chi connectivity index (χ1n) is 9.64. The van der Waals surface area contributed by atoms with Gasteiger partial charge in [-0.05, 0) is 42.2 Å². The zero-order valence-electron chi connectivity index (χ0n) is 16.7. The fourth-order valence-corrected chi connectivity index (χ4v) is 2.89. The molecule has 0 aliphatic heterocycles. The van der Waals surface area contributed by atoms with Crippen LogP contribution in [0.3, 0.4) is 0 Å². The zero-order chi connectivity index (χ0) is 21.2. The normalized spacial score (nSPS) is 11.7. The van der Waals surface area contributed by atoms with Crippen LogP contribution in [-0.2, 0) is 14.3 Å². The van der Waals surface area contributed by atoms with E-state index in [0.29, 0.717) is 11.5 Å². The van der Waals surface area contributed by atoms with Crippen LogP contribution in [0.15, 0.2) is 54.6 Å². The van der Waals surface area contributed by atoms with Crippen LogP contribution in [0.2, 0.25) is 0 Å². The summed E-state index contributed by atoms with van der Waals surface area (Å²) in [5.41, 5.74) is 1.32. The quantitative estimate of drug-likeness (QED) is 0.479. The summed E-state index contributed by atoms with van der Waals surface area (Å²) in [5, 5.41) is 2.90. The van der Waals surface area contributed by atoms with E-state index in [0.717, 1.165) is 12.0 Å². The summed E-state index contributed by atoms with van der Waals surface area (Å²) in [4.78, 5) is 36.1. The van der Waals surface area contributed by atoms with Crippen molar-refractivity contribution in [3.8, 4) is 0 Å². The second-order valence-electron chi connectivity index (χ2n) is 7.25. The minimum Gasteiger partial charge on any atom is -0.456 e. The van der Waals surface area contributed by atoms with Crippen molar-refractivity contribution in [1.82, 2.24) is 5.32 Å². The van der Waals surface area contributed by atoms with Gasteiger partial charge in [0.2, 0.25) is 0 Å². The summed E-state index contributed by atoms with van der Waals surface area (Å²) >= 11 is 0. The first-order valence-corrected chi connectivity index (χ1v) is 9.64. The van der Waals surface area contributed by atoms with Crippen molar-refractivity contribution < 1.29 is 23.5 Å². The van der Waals surface area contributed by atoms with E-state index in [-0.39, 0.29) is 24.7 Å². The minimum absolute atomic E-state index is 0.0634. The summed E-state index contributed by atoms with van der Waals surface area (Å²) in [6, 6.07) is 14.6. The fourth-order valence-electron chi connectivity index (χ4n) is 2.89. The highest BCUT2D eigenvalue weighted by molar-refractivity contribution is 5.97. The number of nitrogens with one attached hydrogen (secondary N) is 1. The van der Waals surface area contributed by atoms with Gasteiger partial charge in [-0.25, -0.2) is 4.39 Å². The average Bonchev–Trinajstić information content (AvgIpc) is 2.71. The fraction of sp³-hybridized carbons (Fsp3) is 0.348. The van der Waals surface area contributed by atoms with Crippen LogP contribution >= 0.6 is 0 Å². The van der Waals surface area contributed by atoms with Gasteiger partial charge < -0.3 is 10.1 Å². The Kier molecular flexibility index (Phi) is 8.52. The van der Waals surface area contributed by atoms with Crippen LogP contribution in [0.4, 0.5) is 4.39 Å². The number of carbonyl (C=O) groups excluding carboxylic acids is 3. The van der Waals surface area contributed by atoms with E-state index in [1.165, 1.54) is 24.3 Å². The first kappa shape index (κ1) is 22.3. The Labute approximate surface area is 170 Å². The van der Waals surface area contributed by atoms with Crippen LogP contribution in [0.1, 0.15) is 55.1 Å². The standard InChI is InChI=1S/C23H26FNO4/c1-16(2)14-20(17-6-4-3-5-7-17)25-22(27)15-29-23(28)13-12-21(26)18-8-10-19(24)11-9-18/h3-11,16,20H,12-15H2,1-2H3,(H,25,27)/t20-/m0/s1. The lowest BCUT2D eigenvalue weighted by Crippen LogP contribution is -2.33. The molecule has 1 N–H and O–H groups in total. The number of halogens is 1. The molecule has 2 rings (SSSR count). The third-order valence-electron chi connectivity index (χ3n) is 4.33. The number of benzene rings is 2. The largest absolute Gasteiger partial charge is 0.456 e. The molecule has 0 heterocycles. The molecule has 0 saturated heterocycles. The highest BCUT2D eigenvalue weighted by Crippen LogP contribution is 2.21. The van der Waals surface area contributed by atoms with Gasteiger partial charge in [-0.3, -0.25) is 14.4 Å². The number of esters is 1. The molecule has 0 unspecified atom stereocenters. The molecular formula is C23H26FNO4. The molecule has 0 saturated carbocycles. The van der Waals surface area contributed by atoms with Gasteiger partial charge in [-0.1, -0.05) is 44.2 Å². The van der Waals surface area contributed by atoms with Crippen LogP contribution in [0.25, 0.3) is 0 Å². The number of Topliss-reactive ketones (excluding diaryl/α,β-unsaturated/α-hetero) is 1. The van der Waals surface area contributed by atoms with E-state index in [1.54, 1.807) is 0 Å². The van der Waals surface area contributed by atoms with E-state index < -0.39 is 24.3 Å². The molecule has 6 heteroatoms. The van der Waals surface area contributed by atoms with Crippen molar-refractivity contribution in [2.45, 2.75) is 39.2 Å². The molecule has 0 aromatic heterocycles. The van der Waals surface area contributed by atoms with Crippen molar-refractivity contribution in [3.05, 3.63) is 71.5 Å². The lowest BCUT2D eigenvalue weighted by molar-refractivity contribution is -0.148. The number of hydrogen-bond donors (Lipinski definition) is 1. The van der Waals surface area contributed by atoms with Gasteiger partial charge >= 0.3 is 5.97 Å². The number of ether oxygens (including phenoxy) is 1. The Bertz CT molecular complexity index is 819. The molecule has 5 nitrogen and oxygen atoms in total. The maximum Gasteiger partial charge on any atom is 0.306 e. The van der Waals surface area contributed by atoms with Gasteiger partial charge in [0, 0.05) is 12.0 Å². The van der Waals surface area contributed by atoms with E-state index in [1.807, 2.05) is 30.3 Å². The maximum atomic E-state index is 12.9. The number of hydrogen-bond acceptors (Lipinski definition) is 4. The highest BCUT2D eigenvalue weighted by Gasteiger charge is 2.17. The summed E-state index contributed by atoms with van der Waals surface area (Å²) < 4.78 is 17.9. The molecule has 2 aromatic rings. The molecule has 0 aliphatic carbocycles. The van der Waals surface area contributed by atoms with Crippen molar-refractivity contribution in [2.75, 3.05) is 6.61 Å². The SMILES string of the molecule is CC(C)C[C@H](NC(=O)COC(=O)CCC(=O)c1ccc(F)cc1)c1ccccc1. The van der Waals surface area contributed by atoms with Crippen LogP contribution in [-0.4, -0.2) is 24.3 Å². The maximum absolute atomic E-state index is 12.9. The second-order valence-corrected chi connectivity index (χ2v) is 7.25. The molecule has 154 valence electrons. The summed E-state index contributed by atoms with van der Waals surface area (Å²) in [5.74, 6) is -1.36. The van der Waals surface area contributed by atoms with Gasteiger partial charge in [-0.2, -0.15) is 0 Å². The number of amides is 1. The van der Waals surface area contributed by atoms with Gasteiger partial charge in [0.1, 0.15) is 5.82 Å². The predicted octanol–water partition coefficient (Wildman–Crippen LogP) is 4.24. The molecule has 1 amide bonds. The van der Waals surface area contributed by atoms with E-state index in [4.69, 9.17) is 4.74 Å². The second kappa shape index (κ2) is 11.1. The summed E-state index contributed by atoms with van der Waals surface area (Å²) in [6.45, 7) is 3.74. The zero-order valence-corrected chi connectivity index (χ0v) is 16.7. The third kappa shape index (κ3) is 7.86. The molecule has 0 bridgehead atoms. The summed E-state index contributed by atoms with van der Waals surface area (Å²) in [7, 11) is 0. The van der Waals surface area contributed by atoms with E-state index >= 15 is 0 Å². The minimum atomic E-state index is -0.629. The van der Waals surface area contributed by atoms with Gasteiger partial charge in [-0.15, -0.1) is 0 Å². The number of carbonyl (C=O) groups is 3. The molecule has 1 atom stereocenters. The molecule has 0 fully saturated rings. The molecule has 2 aromatic carbocycles. The van der Waals surface area contributed by atoms with Crippen molar-refractivity contribution in [2.24, 2.45) is 5.92 Å². The van der Waals surface area contributed by atoms with Crippen LogP contribution < -0.4 is 5.32 Å². The van der Waals surface area contributed by atoms with Gasteiger partial charge in [0.05, 0.1) is 12.5 Å². The Morgan fingerprint density at radius 2 is 1.62 bits per heavy atom. The van der Waals surface area contributed by atoms with E-state index in [2.05, 4.69) is 19.2 Å². The van der Waals surface area contributed by atoms with Crippen molar-refractivity contribution >= 4 is 17.7 Å². The molecule has 0 aliphatic rings. The smallest absolute Gasteiger partial charge is 0.306 e. The lowest BCUT2D eigenvalue weighted by Gasteiger charge is -2.21. The molecular weight excluding hydrogens is 373 g/mol. The van der Waals surface area contributed by atoms with Gasteiger partial charge in [0.25, 0.3) is 5.91 Å². The Hall–Kier alpha value is -3.02.